The summed E-state index contributed by atoms with van der Waals surface area (Å²) < 4.78 is 6.41. The number of aliphatic hydroxyl groups excluding tert-OH is 6. The Morgan fingerprint density at radius 1 is 0.359 bits per heavy atom. The number of nitrogens with two attached hydrogens (primary N) is 5. The number of ether oxygens (including phenoxy) is 1. The summed E-state index contributed by atoms with van der Waals surface area (Å²) in [6.07, 6.45) is 13.9. The molecule has 0 spiro atoms. The molecule has 0 bridgehead atoms. The Morgan fingerprint density at radius 2 is 0.634 bits per heavy atom. The summed E-state index contributed by atoms with van der Waals surface area (Å²) in [4.78, 5) is 162. The van der Waals surface area contributed by atoms with Crippen molar-refractivity contribution < 1.29 is 97.7 Å². The molecule has 131 heavy (non-hydrogen) atoms. The van der Waals surface area contributed by atoms with Gasteiger partial charge in [0.05, 0.1) is 85.8 Å². The minimum atomic E-state index is -1.36. The highest BCUT2D eigenvalue weighted by molar-refractivity contribution is 9.11. The van der Waals surface area contributed by atoms with Crippen LogP contribution < -0.4 is 45.3 Å². The average molecular weight is 1930 g/mol. The molecule has 37 heteroatoms. The first kappa shape index (κ1) is 105. The summed E-state index contributed by atoms with van der Waals surface area (Å²) in [7, 11) is 0. The number of nitrogen functional groups attached to an aromatic ring is 1. The minimum Gasteiger partial charge on any atom is -0.394 e. The number of imide groups is 4. The molecule has 10 aromatic rings. The number of nitrogens with zero attached hydrogens (tertiary/aromatic N) is 7. The number of halogens is 2. The van der Waals surface area contributed by atoms with E-state index >= 15 is 0 Å². The number of hydrogen-bond donors (Lipinski definition) is 14. The molecule has 0 aromatic heterocycles. The Balaban J connectivity index is 0.000000215. The number of benzene rings is 10. The van der Waals surface area contributed by atoms with E-state index in [2.05, 4.69) is 86.7 Å². The van der Waals surface area contributed by atoms with Crippen LogP contribution in [0.15, 0.2) is 176 Å². The maximum absolute atomic E-state index is 12.9. The van der Waals surface area contributed by atoms with Crippen LogP contribution in [0.4, 0.5) is 17.1 Å². The Kier molecular flexibility index (Phi) is 41.4. The van der Waals surface area contributed by atoms with Crippen molar-refractivity contribution in [1.82, 2.24) is 19.6 Å². The monoisotopic (exact) mass is 1920 g/mol. The SMILES string of the molecule is CCCCN.CCCCN1C(=O)c2cccc3c(Br)ccc(c23)C1=O.CCCCN1C(=O)c2cccc3c(N/N=C\C=O)ccc(c23)C1=O.CCCCN1C(=O)c2cccc3c(NN)ccc(c23)C1=O.CCCCN1C(=O)c2cccc3c(NN=CC=NC(CO)(CO)CO)ccc(c23)C1=O.NC(CO)(CO)CO.NN.O=C1OC(=O)c2ccc(Br)c3cccc1c23.O=CC=O. The van der Waals surface area contributed by atoms with Gasteiger partial charge in [-0.2, -0.15) is 10.2 Å². The second-order valence-electron chi connectivity index (χ2n) is 29.7. The van der Waals surface area contributed by atoms with Gasteiger partial charge in [0.15, 0.2) is 18.9 Å². The van der Waals surface area contributed by atoms with E-state index in [1.54, 1.807) is 103 Å². The van der Waals surface area contributed by atoms with Crippen molar-refractivity contribution >= 4 is 199 Å². The number of hydrogen-bond acceptors (Lipinski definition) is 31. The predicted octanol–water partition coefficient (Wildman–Crippen LogP) is 10.3. The van der Waals surface area contributed by atoms with Gasteiger partial charge in [-0.1, -0.05) is 159 Å². The molecule has 8 amide bonds. The molecule has 5 aliphatic rings. The van der Waals surface area contributed by atoms with Crippen LogP contribution in [0.25, 0.3) is 53.9 Å². The van der Waals surface area contributed by atoms with E-state index in [4.69, 9.17) is 42.2 Å². The highest BCUT2D eigenvalue weighted by atomic mass is 79.9. The highest BCUT2D eigenvalue weighted by Crippen LogP contribution is 2.40. The zero-order chi connectivity index (χ0) is 96.2. The molecular formula is C94H107Br2N15O20. The lowest BCUT2D eigenvalue weighted by atomic mass is 9.93. The van der Waals surface area contributed by atoms with E-state index in [0.29, 0.717) is 132 Å². The van der Waals surface area contributed by atoms with Gasteiger partial charge in [-0.05, 0) is 140 Å². The lowest BCUT2D eigenvalue weighted by molar-refractivity contribution is -0.122. The van der Waals surface area contributed by atoms with Crippen LogP contribution >= 0.6 is 31.9 Å². The van der Waals surface area contributed by atoms with E-state index in [1.807, 2.05) is 76.2 Å². The molecule has 15 rings (SSSR count). The van der Waals surface area contributed by atoms with Crippen molar-refractivity contribution in [1.29, 1.82) is 0 Å². The average Bonchev–Trinajstić information content (AvgIpc) is 0.755. The first-order valence-electron chi connectivity index (χ1n) is 41.9. The number of rotatable bonds is 29. The molecule has 692 valence electrons. The zero-order valence-electron chi connectivity index (χ0n) is 72.9. The molecule has 5 aliphatic heterocycles. The van der Waals surface area contributed by atoms with Crippen LogP contribution in [-0.4, -0.2) is 230 Å². The largest absolute Gasteiger partial charge is 0.394 e. The van der Waals surface area contributed by atoms with Gasteiger partial charge in [-0.25, -0.2) is 9.59 Å². The van der Waals surface area contributed by atoms with Crippen LogP contribution in [0.2, 0.25) is 0 Å². The number of hydrazone groups is 2. The van der Waals surface area contributed by atoms with Crippen LogP contribution in [0.5, 0.6) is 0 Å². The fourth-order valence-electron chi connectivity index (χ4n) is 13.9. The summed E-state index contributed by atoms with van der Waals surface area (Å²) in [6, 6.07) is 44.4. The summed E-state index contributed by atoms with van der Waals surface area (Å²) >= 11 is 6.87. The number of unbranched alkanes of at least 4 members (excludes halogenated alkanes) is 5. The van der Waals surface area contributed by atoms with Crippen LogP contribution in [-0.2, 0) is 19.1 Å². The van der Waals surface area contributed by atoms with Gasteiger partial charge in [0, 0.05) is 129 Å². The third-order valence-corrected chi connectivity index (χ3v) is 22.4. The first-order chi connectivity index (χ1) is 63.2. The van der Waals surface area contributed by atoms with E-state index in [-0.39, 0.29) is 59.8 Å². The van der Waals surface area contributed by atoms with Gasteiger partial charge < -0.3 is 52.3 Å². The second kappa shape index (κ2) is 51.5. The highest BCUT2D eigenvalue weighted by Gasteiger charge is 2.38. The number of carbonyl (C=O) groups is 13. The molecular weight excluding hydrogens is 1820 g/mol. The van der Waals surface area contributed by atoms with Crippen LogP contribution in [0.1, 0.15) is 202 Å². The fraction of sp³-hybridized carbons (Fsp3) is 0.298. The number of carbonyl (C=O) groups excluding carboxylic acids is 13. The van der Waals surface area contributed by atoms with Crippen LogP contribution in [0, 0.1) is 0 Å². The number of hydrazine groups is 2. The summed E-state index contributed by atoms with van der Waals surface area (Å²) in [5, 5.41) is 68.0. The summed E-state index contributed by atoms with van der Waals surface area (Å²) in [5.41, 5.74) is 23.1. The summed E-state index contributed by atoms with van der Waals surface area (Å²) in [6.45, 7) is 10.1. The summed E-state index contributed by atoms with van der Waals surface area (Å²) in [5.74, 6) is 10.4. The third kappa shape index (κ3) is 24.6. The van der Waals surface area contributed by atoms with E-state index in [0.717, 1.165) is 100 Å². The maximum atomic E-state index is 12.9. The van der Waals surface area contributed by atoms with E-state index in [9.17, 15) is 68.1 Å². The molecule has 19 N–H and O–H groups in total. The second-order valence-corrected chi connectivity index (χ2v) is 31.4. The van der Waals surface area contributed by atoms with Crippen molar-refractivity contribution in [3.8, 4) is 0 Å². The molecule has 5 heterocycles. The fourth-order valence-corrected chi connectivity index (χ4v) is 14.9. The third-order valence-electron chi connectivity index (χ3n) is 21.1. The van der Waals surface area contributed by atoms with Gasteiger partial charge in [0.2, 0.25) is 0 Å². The van der Waals surface area contributed by atoms with Crippen molar-refractivity contribution in [2.75, 3.05) is 88.6 Å². The van der Waals surface area contributed by atoms with Crippen LogP contribution in [0.3, 0.4) is 0 Å². The molecule has 0 saturated carbocycles. The topological polar surface area (TPSA) is 569 Å². The Hall–Kier alpha value is -12.9. The van der Waals surface area contributed by atoms with Gasteiger partial charge in [-0.15, -0.1) is 0 Å². The van der Waals surface area contributed by atoms with Gasteiger partial charge >= 0.3 is 11.9 Å². The quantitative estimate of drug-likeness (QED) is 0.00303. The Labute approximate surface area is 771 Å². The van der Waals surface area contributed by atoms with Crippen molar-refractivity contribution in [2.24, 2.45) is 44.2 Å². The number of aldehydes is 3. The normalized spacial score (nSPS) is 13.3. The molecule has 35 nitrogen and oxygen atoms in total. The standard InChI is InChI=1S/C22H26N4O5.C18H17N3O3.C16H14BrNO2.C16H17N3O2.C12H5BrO3.C4H11NO3.C4H11N.C2H2O2.H4N2/c1-2-3-11-26-20(30)16-6-4-5-15-18(8-7-17(19(15)16)21(26)31)25-24-10-9-23-22(12-27,13-28)14-29;1-2-3-10-21-17(23)13-6-4-5-12-15(20-19-9-11-22)8-7-14(16(12)13)18(21)24;1-2-3-9-18-15(19)11-6-4-5-10-13(17)8-7-12(14(10)11)16(18)20;1-2-3-9-19-15(20)11-6-4-5-10-13(18-17)8-7-12(14(10)11)16(19)21;13-9-5-4-8-10-6(9)2-1-3-7(10)11(14)16-12(8)15;5-4(1-6,2-7)3-8;1-2-3-4-5;3-1-2-4;1-2/h4-10,25,27-29H,2-3,11-14H2,1H3;4-9,11,20H,2-3,10H2,1H3;4-8H,2-3,9H2,1H3;4-8,18H,2-3,9,17H2,1H3;1-5H;6-8H,1-3,5H2;2-5H2,1H3;1-2H;1-2H2/b;19-9-;;;;;;;. The molecule has 0 aliphatic carbocycles. The van der Waals surface area contributed by atoms with Gasteiger partial charge in [0.25, 0.3) is 47.3 Å². The molecule has 0 saturated heterocycles. The predicted molar refractivity (Wildman–Crippen MR) is 509 cm³/mol. The van der Waals surface area contributed by atoms with Gasteiger partial charge in [-0.3, -0.25) is 106 Å². The van der Waals surface area contributed by atoms with E-state index in [1.165, 1.54) is 44.9 Å². The van der Waals surface area contributed by atoms with E-state index < -0.39 is 62.7 Å². The molecule has 0 fully saturated rings. The smallest absolute Gasteiger partial charge is 0.346 e. The number of esters is 2. The maximum Gasteiger partial charge on any atom is 0.346 e. The number of nitrogens with one attached hydrogen (secondary N) is 3. The molecule has 0 radical (unpaired) electrons. The number of aliphatic imine (C=N–C) groups is 1. The van der Waals surface area contributed by atoms with Crippen molar-refractivity contribution in [2.45, 2.75) is 110 Å². The lowest BCUT2D eigenvalue weighted by Crippen LogP contribution is -2.50. The van der Waals surface area contributed by atoms with Gasteiger partial charge in [0.1, 0.15) is 5.54 Å². The lowest BCUT2D eigenvalue weighted by Gasteiger charge is -2.27. The Morgan fingerprint density at radius 3 is 0.924 bits per heavy atom. The number of anilines is 3. The number of cyclic esters (lactones) is 2. The van der Waals surface area contributed by atoms with Crippen molar-refractivity contribution in [3.05, 3.63) is 216 Å². The van der Waals surface area contributed by atoms with Crippen molar-refractivity contribution in [3.63, 3.8) is 0 Å². The first-order valence-corrected chi connectivity index (χ1v) is 43.5. The number of amides is 8. The molecule has 10 aromatic carbocycles. The Bertz CT molecular complexity index is 5810. The number of aliphatic hydroxyl groups is 6. The molecule has 0 atom stereocenters. The molecule has 0 unspecified atom stereocenters. The zero-order valence-corrected chi connectivity index (χ0v) is 76.1. The minimum absolute atomic E-state index is 0.181.